The number of esters is 1. The first kappa shape index (κ1) is 11.9. The third kappa shape index (κ3) is 2.66. The van der Waals surface area contributed by atoms with Gasteiger partial charge in [0.15, 0.2) is 0 Å². The van der Waals surface area contributed by atoms with Crippen LogP contribution in [0.15, 0.2) is 16.6 Å². The lowest BCUT2D eigenvalue weighted by Crippen LogP contribution is -2.06. The zero-order chi connectivity index (χ0) is 10.7. The average molecular weight is 373 g/mol. The first-order valence-corrected chi connectivity index (χ1v) is 5.75. The quantitative estimate of drug-likeness (QED) is 0.452. The summed E-state index contributed by atoms with van der Waals surface area (Å²) in [6.07, 6.45) is 0. The second-order valence-corrected chi connectivity index (χ2v) is 4.48. The van der Waals surface area contributed by atoms with Crippen LogP contribution in [-0.4, -0.2) is 12.6 Å². The molecule has 5 heteroatoms. The Morgan fingerprint density at radius 1 is 1.64 bits per heavy atom. The van der Waals surface area contributed by atoms with Crippen molar-refractivity contribution >= 4 is 44.5 Å². The van der Waals surface area contributed by atoms with E-state index in [2.05, 4.69) is 15.9 Å². The Morgan fingerprint density at radius 3 is 2.86 bits per heavy atom. The number of rotatable bonds is 2. The molecule has 0 aliphatic carbocycles. The van der Waals surface area contributed by atoms with Crippen LogP contribution in [0.4, 0.5) is 4.39 Å². The largest absolute Gasteiger partial charge is 0.462 e. The maximum atomic E-state index is 13.1. The topological polar surface area (TPSA) is 26.3 Å². The standard InChI is InChI=1S/C9H7BrFIO2/c1-2-14-9(13)5-3-7(11)8(12)4-6(5)10/h3-4H,2H2,1H3. The van der Waals surface area contributed by atoms with Crippen LogP contribution >= 0.6 is 38.5 Å². The van der Waals surface area contributed by atoms with E-state index in [0.29, 0.717) is 8.04 Å². The van der Waals surface area contributed by atoms with Crippen LogP contribution in [0, 0.1) is 9.39 Å². The number of hydrogen-bond acceptors (Lipinski definition) is 2. The van der Waals surface area contributed by atoms with Gasteiger partial charge in [0.1, 0.15) is 5.82 Å². The molecular weight excluding hydrogens is 366 g/mol. The van der Waals surface area contributed by atoms with E-state index in [4.69, 9.17) is 4.74 Å². The lowest BCUT2D eigenvalue weighted by atomic mass is 10.2. The maximum Gasteiger partial charge on any atom is 0.339 e. The van der Waals surface area contributed by atoms with E-state index in [-0.39, 0.29) is 12.2 Å². The SMILES string of the molecule is CCOC(=O)c1cc(F)c(I)cc1Br. The van der Waals surface area contributed by atoms with Gasteiger partial charge in [0.25, 0.3) is 0 Å². The molecule has 76 valence electrons. The van der Waals surface area contributed by atoms with Crippen molar-refractivity contribution in [2.24, 2.45) is 0 Å². The summed E-state index contributed by atoms with van der Waals surface area (Å²) >= 11 is 5.03. The van der Waals surface area contributed by atoms with E-state index in [1.54, 1.807) is 13.0 Å². The van der Waals surface area contributed by atoms with Crippen LogP contribution < -0.4 is 0 Å². The Balaban J connectivity index is 3.09. The van der Waals surface area contributed by atoms with Crippen LogP contribution in [0.2, 0.25) is 0 Å². The third-order valence-corrected chi connectivity index (χ3v) is 2.99. The van der Waals surface area contributed by atoms with E-state index < -0.39 is 11.8 Å². The molecule has 0 aliphatic rings. The van der Waals surface area contributed by atoms with Gasteiger partial charge in [0.2, 0.25) is 0 Å². The van der Waals surface area contributed by atoms with Gasteiger partial charge in [-0.1, -0.05) is 0 Å². The molecule has 0 radical (unpaired) electrons. The lowest BCUT2D eigenvalue weighted by Gasteiger charge is -2.05. The van der Waals surface area contributed by atoms with E-state index in [1.807, 2.05) is 22.6 Å². The Kier molecular flexibility index (Phi) is 4.31. The predicted molar refractivity (Wildman–Crippen MR) is 62.8 cm³/mol. The average Bonchev–Trinajstić information content (AvgIpc) is 2.11. The Hall–Kier alpha value is -0.170. The number of hydrogen-bond donors (Lipinski definition) is 0. The van der Waals surface area contributed by atoms with Gasteiger partial charge in [-0.05, 0) is 57.6 Å². The summed E-state index contributed by atoms with van der Waals surface area (Å²) in [7, 11) is 0. The fourth-order valence-corrected chi connectivity index (χ4v) is 2.29. The number of halogens is 3. The monoisotopic (exact) mass is 372 g/mol. The van der Waals surface area contributed by atoms with Gasteiger partial charge in [0.05, 0.1) is 12.2 Å². The summed E-state index contributed by atoms with van der Waals surface area (Å²) in [6, 6.07) is 2.71. The summed E-state index contributed by atoms with van der Waals surface area (Å²) < 4.78 is 18.9. The van der Waals surface area contributed by atoms with Crippen molar-refractivity contribution in [3.05, 3.63) is 31.6 Å². The van der Waals surface area contributed by atoms with Crippen LogP contribution in [0.1, 0.15) is 17.3 Å². The second kappa shape index (κ2) is 5.06. The second-order valence-electron chi connectivity index (χ2n) is 2.47. The van der Waals surface area contributed by atoms with Crippen LogP contribution in [0.5, 0.6) is 0 Å². The molecule has 2 nitrogen and oxygen atoms in total. The zero-order valence-electron chi connectivity index (χ0n) is 7.31. The predicted octanol–water partition coefficient (Wildman–Crippen LogP) is 3.37. The maximum absolute atomic E-state index is 13.1. The summed E-state index contributed by atoms with van der Waals surface area (Å²) in [6.45, 7) is 1.98. The molecule has 0 atom stereocenters. The molecule has 1 aromatic carbocycles. The summed E-state index contributed by atoms with van der Waals surface area (Å²) in [4.78, 5) is 11.3. The van der Waals surface area contributed by atoms with Crippen molar-refractivity contribution in [2.45, 2.75) is 6.92 Å². The van der Waals surface area contributed by atoms with Crippen molar-refractivity contribution in [3.63, 3.8) is 0 Å². The zero-order valence-corrected chi connectivity index (χ0v) is 11.1. The van der Waals surface area contributed by atoms with Crippen LogP contribution in [0.3, 0.4) is 0 Å². The van der Waals surface area contributed by atoms with Crippen molar-refractivity contribution in [1.29, 1.82) is 0 Å². The van der Waals surface area contributed by atoms with Gasteiger partial charge in [-0.15, -0.1) is 0 Å². The number of carbonyl (C=O) groups excluding carboxylic acids is 1. The highest BCUT2D eigenvalue weighted by atomic mass is 127. The lowest BCUT2D eigenvalue weighted by molar-refractivity contribution is 0.0524. The molecule has 0 saturated carbocycles. The van der Waals surface area contributed by atoms with E-state index in [0.717, 1.165) is 0 Å². The normalized spacial score (nSPS) is 10.0. The van der Waals surface area contributed by atoms with E-state index >= 15 is 0 Å². The molecule has 0 N–H and O–H groups in total. The van der Waals surface area contributed by atoms with Crippen LogP contribution in [-0.2, 0) is 4.74 Å². The first-order valence-electron chi connectivity index (χ1n) is 3.88. The molecule has 0 saturated heterocycles. The highest BCUT2D eigenvalue weighted by Gasteiger charge is 2.14. The number of ether oxygens (including phenoxy) is 1. The molecule has 0 heterocycles. The van der Waals surface area contributed by atoms with E-state index in [9.17, 15) is 9.18 Å². The highest BCUT2D eigenvalue weighted by molar-refractivity contribution is 14.1. The summed E-state index contributed by atoms with van der Waals surface area (Å²) in [5.41, 5.74) is 0.213. The minimum Gasteiger partial charge on any atom is -0.462 e. The molecule has 0 aromatic heterocycles. The Bertz CT molecular complexity index is 368. The number of benzene rings is 1. The highest BCUT2D eigenvalue weighted by Crippen LogP contribution is 2.23. The molecule has 1 aromatic rings. The molecule has 0 fully saturated rings. The first-order chi connectivity index (χ1) is 6.56. The molecule has 14 heavy (non-hydrogen) atoms. The van der Waals surface area contributed by atoms with Crippen molar-refractivity contribution in [2.75, 3.05) is 6.61 Å². The minimum absolute atomic E-state index is 0.213. The molecule has 0 unspecified atom stereocenters. The molecule has 0 spiro atoms. The summed E-state index contributed by atoms with van der Waals surface area (Å²) in [5.74, 6) is -0.938. The van der Waals surface area contributed by atoms with Gasteiger partial charge in [0, 0.05) is 8.04 Å². The van der Waals surface area contributed by atoms with Crippen molar-refractivity contribution in [1.82, 2.24) is 0 Å². The molecule has 0 amide bonds. The molecule has 1 rings (SSSR count). The van der Waals surface area contributed by atoms with Gasteiger partial charge in [-0.2, -0.15) is 0 Å². The van der Waals surface area contributed by atoms with Crippen molar-refractivity contribution < 1.29 is 13.9 Å². The van der Waals surface area contributed by atoms with Gasteiger partial charge in [-0.25, -0.2) is 9.18 Å². The van der Waals surface area contributed by atoms with Gasteiger partial charge in [-0.3, -0.25) is 0 Å². The summed E-state index contributed by atoms with van der Waals surface area (Å²) in [5, 5.41) is 0. The molecule has 0 bridgehead atoms. The van der Waals surface area contributed by atoms with Crippen molar-refractivity contribution in [3.8, 4) is 0 Å². The number of carbonyl (C=O) groups is 1. The molecular formula is C9H7BrFIO2. The van der Waals surface area contributed by atoms with Crippen LogP contribution in [0.25, 0.3) is 0 Å². The Labute approximate surface area is 103 Å². The van der Waals surface area contributed by atoms with Gasteiger partial charge < -0.3 is 4.74 Å². The van der Waals surface area contributed by atoms with E-state index in [1.165, 1.54) is 6.07 Å². The Morgan fingerprint density at radius 2 is 2.29 bits per heavy atom. The minimum atomic E-state index is -0.519. The fourth-order valence-electron chi connectivity index (χ4n) is 0.888. The fraction of sp³-hybridized carbons (Fsp3) is 0.222. The third-order valence-electron chi connectivity index (χ3n) is 1.51. The smallest absolute Gasteiger partial charge is 0.339 e. The molecule has 0 aliphatic heterocycles. The van der Waals surface area contributed by atoms with Gasteiger partial charge >= 0.3 is 5.97 Å².